The first-order chi connectivity index (χ1) is 10.1. The third-order valence-electron chi connectivity index (χ3n) is 3.58. The summed E-state index contributed by atoms with van der Waals surface area (Å²) in [5.74, 6) is 1.26. The molecule has 0 fully saturated rings. The van der Waals surface area contributed by atoms with Gasteiger partial charge in [0.1, 0.15) is 11.6 Å². The van der Waals surface area contributed by atoms with Crippen molar-refractivity contribution < 1.29 is 14.3 Å². The van der Waals surface area contributed by atoms with Crippen LogP contribution in [0.4, 0.5) is 0 Å². The molecule has 2 aromatic rings. The van der Waals surface area contributed by atoms with Gasteiger partial charge in [0.05, 0.1) is 5.75 Å². The predicted molar refractivity (Wildman–Crippen MR) is 77.5 cm³/mol. The molecule has 1 N–H and O–H groups in total. The Kier molecular flexibility index (Phi) is 4.01. The number of fused-ring (bicyclic) bond motifs is 1. The van der Waals surface area contributed by atoms with Gasteiger partial charge in [-0.05, 0) is 25.8 Å². The highest BCUT2D eigenvalue weighted by molar-refractivity contribution is 7.98. The number of thioether (sulfide) groups is 1. The Bertz CT molecular complexity index is 662. The maximum absolute atomic E-state index is 11.0. The van der Waals surface area contributed by atoms with Crippen LogP contribution in [0.2, 0.25) is 0 Å². The number of furan rings is 1. The van der Waals surface area contributed by atoms with Crippen molar-refractivity contribution in [1.82, 2.24) is 14.8 Å². The molecule has 0 bridgehead atoms. The van der Waals surface area contributed by atoms with Gasteiger partial charge in [0.2, 0.25) is 5.76 Å². The van der Waals surface area contributed by atoms with Gasteiger partial charge < -0.3 is 14.1 Å². The zero-order chi connectivity index (χ0) is 14.8. The van der Waals surface area contributed by atoms with E-state index in [1.54, 1.807) is 24.8 Å². The molecule has 0 radical (unpaired) electrons. The second kappa shape index (κ2) is 5.93. The largest absolute Gasteiger partial charge is 0.475 e. The van der Waals surface area contributed by atoms with E-state index in [9.17, 15) is 4.79 Å². The van der Waals surface area contributed by atoms with Gasteiger partial charge in [0.25, 0.3) is 0 Å². The summed E-state index contributed by atoms with van der Waals surface area (Å²) in [6, 6.07) is 1.77. The topological polar surface area (TPSA) is 81.2 Å². The van der Waals surface area contributed by atoms with E-state index in [1.165, 1.54) is 12.8 Å². The molecule has 6 nitrogen and oxygen atoms in total. The van der Waals surface area contributed by atoms with Crippen LogP contribution < -0.4 is 0 Å². The molecule has 7 heteroatoms. The predicted octanol–water partition coefficient (Wildman–Crippen LogP) is 2.90. The molecule has 3 rings (SSSR count). The third-order valence-corrected chi connectivity index (χ3v) is 4.57. The number of aromatic carboxylic acids is 1. The summed E-state index contributed by atoms with van der Waals surface area (Å²) in [6.45, 7) is 2.70. The third kappa shape index (κ3) is 2.97. The van der Waals surface area contributed by atoms with Crippen LogP contribution in [-0.2, 0) is 18.7 Å². The average Bonchev–Trinajstić information content (AvgIpc) is 2.92. The lowest BCUT2D eigenvalue weighted by atomic mass is 10.2. The Morgan fingerprint density at radius 1 is 1.43 bits per heavy atom. The molecule has 0 atom stereocenters. The van der Waals surface area contributed by atoms with Crippen LogP contribution >= 0.6 is 11.8 Å². The highest BCUT2D eigenvalue weighted by Gasteiger charge is 2.17. The van der Waals surface area contributed by atoms with E-state index >= 15 is 0 Å². The SMILES string of the molecule is Cc1cc(CSc2nnc3n2CCCCC3)oc1C(=O)O. The summed E-state index contributed by atoms with van der Waals surface area (Å²) in [7, 11) is 0. The fourth-order valence-corrected chi connectivity index (χ4v) is 3.40. The van der Waals surface area contributed by atoms with E-state index in [4.69, 9.17) is 9.52 Å². The van der Waals surface area contributed by atoms with E-state index in [0.29, 0.717) is 17.1 Å². The van der Waals surface area contributed by atoms with E-state index < -0.39 is 5.97 Å². The lowest BCUT2D eigenvalue weighted by Gasteiger charge is -2.05. The Hall–Kier alpha value is -1.76. The Balaban J connectivity index is 1.72. The summed E-state index contributed by atoms with van der Waals surface area (Å²) in [4.78, 5) is 11.0. The zero-order valence-corrected chi connectivity index (χ0v) is 12.7. The quantitative estimate of drug-likeness (QED) is 0.875. The first-order valence-electron chi connectivity index (χ1n) is 7.02. The molecule has 0 unspecified atom stereocenters. The summed E-state index contributed by atoms with van der Waals surface area (Å²) in [5.41, 5.74) is 0.651. The minimum Gasteiger partial charge on any atom is -0.475 e. The number of carboxylic acid groups (broad SMARTS) is 1. The normalized spacial score (nSPS) is 14.7. The molecule has 21 heavy (non-hydrogen) atoms. The van der Waals surface area contributed by atoms with Gasteiger partial charge >= 0.3 is 5.97 Å². The van der Waals surface area contributed by atoms with Gasteiger partial charge in [-0.25, -0.2) is 4.79 Å². The Morgan fingerprint density at radius 3 is 3.05 bits per heavy atom. The molecule has 3 heterocycles. The fraction of sp³-hybridized carbons (Fsp3) is 0.500. The highest BCUT2D eigenvalue weighted by Crippen LogP contribution is 2.26. The smallest absolute Gasteiger partial charge is 0.372 e. The van der Waals surface area contributed by atoms with E-state index in [1.807, 2.05) is 0 Å². The number of carbonyl (C=O) groups is 1. The standard InChI is InChI=1S/C14H17N3O3S/c1-9-7-10(20-12(9)13(18)19)8-21-14-16-15-11-5-3-2-4-6-17(11)14/h7H,2-6,8H2,1H3,(H,18,19). The van der Waals surface area contributed by atoms with Crippen molar-refractivity contribution >= 4 is 17.7 Å². The van der Waals surface area contributed by atoms with Crippen molar-refractivity contribution in [2.75, 3.05) is 0 Å². The number of hydrogen-bond acceptors (Lipinski definition) is 5. The molecule has 0 aromatic carbocycles. The van der Waals surface area contributed by atoms with Crippen molar-refractivity contribution in [3.63, 3.8) is 0 Å². The molecule has 0 saturated carbocycles. The van der Waals surface area contributed by atoms with E-state index in [0.717, 1.165) is 30.4 Å². The first kappa shape index (κ1) is 14.2. The van der Waals surface area contributed by atoms with Crippen molar-refractivity contribution in [3.8, 4) is 0 Å². The number of carboxylic acids is 1. The lowest BCUT2D eigenvalue weighted by molar-refractivity contribution is 0.0659. The number of aromatic nitrogens is 3. The minimum atomic E-state index is -1.03. The van der Waals surface area contributed by atoms with Crippen molar-refractivity contribution in [3.05, 3.63) is 29.0 Å². The summed E-state index contributed by atoms with van der Waals surface area (Å²) in [6.07, 6.45) is 4.53. The van der Waals surface area contributed by atoms with Gasteiger partial charge in [0, 0.05) is 18.5 Å². The summed E-state index contributed by atoms with van der Waals surface area (Å²) < 4.78 is 7.54. The molecular formula is C14H17N3O3S. The molecule has 0 aliphatic carbocycles. The summed E-state index contributed by atoms with van der Waals surface area (Å²) in [5, 5.41) is 18.4. The number of hydrogen-bond donors (Lipinski definition) is 1. The molecule has 112 valence electrons. The molecule has 0 saturated heterocycles. The Labute approximate surface area is 126 Å². The van der Waals surface area contributed by atoms with Crippen LogP contribution in [0.1, 0.15) is 47.0 Å². The van der Waals surface area contributed by atoms with Crippen LogP contribution in [0.3, 0.4) is 0 Å². The Morgan fingerprint density at radius 2 is 2.29 bits per heavy atom. The van der Waals surface area contributed by atoms with Crippen LogP contribution in [0.25, 0.3) is 0 Å². The van der Waals surface area contributed by atoms with Crippen LogP contribution in [0.5, 0.6) is 0 Å². The van der Waals surface area contributed by atoms with Crippen LogP contribution in [0, 0.1) is 6.92 Å². The first-order valence-corrected chi connectivity index (χ1v) is 8.01. The van der Waals surface area contributed by atoms with Crippen molar-refractivity contribution in [2.45, 2.75) is 50.1 Å². The molecule has 0 amide bonds. The van der Waals surface area contributed by atoms with Crippen LogP contribution in [-0.4, -0.2) is 25.8 Å². The maximum atomic E-state index is 11.0. The second-order valence-electron chi connectivity index (χ2n) is 5.18. The maximum Gasteiger partial charge on any atom is 0.372 e. The van der Waals surface area contributed by atoms with Gasteiger partial charge in [-0.15, -0.1) is 10.2 Å². The highest BCUT2D eigenvalue weighted by atomic mass is 32.2. The van der Waals surface area contributed by atoms with Crippen molar-refractivity contribution in [2.24, 2.45) is 0 Å². The molecule has 0 spiro atoms. The van der Waals surface area contributed by atoms with Crippen LogP contribution in [0.15, 0.2) is 15.6 Å². The van der Waals surface area contributed by atoms with Gasteiger partial charge in [-0.1, -0.05) is 18.2 Å². The average molecular weight is 307 g/mol. The number of nitrogens with zero attached hydrogens (tertiary/aromatic N) is 3. The zero-order valence-electron chi connectivity index (χ0n) is 11.8. The molecular weight excluding hydrogens is 290 g/mol. The molecule has 1 aliphatic rings. The van der Waals surface area contributed by atoms with E-state index in [-0.39, 0.29) is 5.76 Å². The van der Waals surface area contributed by atoms with Gasteiger partial charge in [-0.3, -0.25) is 0 Å². The monoisotopic (exact) mass is 307 g/mol. The molecule has 2 aromatic heterocycles. The van der Waals surface area contributed by atoms with Gasteiger partial charge in [0.15, 0.2) is 5.16 Å². The molecule has 1 aliphatic heterocycles. The summed E-state index contributed by atoms with van der Waals surface area (Å²) >= 11 is 1.54. The van der Waals surface area contributed by atoms with E-state index in [2.05, 4.69) is 14.8 Å². The minimum absolute atomic E-state index is 0.0191. The number of rotatable bonds is 4. The van der Waals surface area contributed by atoms with Crippen molar-refractivity contribution in [1.29, 1.82) is 0 Å². The lowest BCUT2D eigenvalue weighted by Crippen LogP contribution is -2.02. The second-order valence-corrected chi connectivity index (χ2v) is 6.12. The number of aryl methyl sites for hydroxylation is 2. The van der Waals surface area contributed by atoms with Gasteiger partial charge in [-0.2, -0.15) is 0 Å². The fourth-order valence-electron chi connectivity index (χ4n) is 2.53.